The first kappa shape index (κ1) is 24.7. The van der Waals surface area contributed by atoms with E-state index in [1.165, 1.54) is 26.0 Å². The molecule has 0 unspecified atom stereocenters. The van der Waals surface area contributed by atoms with Gasteiger partial charge in [0.2, 0.25) is 5.91 Å². The number of benzene rings is 2. The lowest BCUT2D eigenvalue weighted by atomic mass is 10.2. The monoisotopic (exact) mass is 509 g/mol. The van der Waals surface area contributed by atoms with Gasteiger partial charge in [0, 0.05) is 17.6 Å². The van der Waals surface area contributed by atoms with E-state index in [0.29, 0.717) is 43.8 Å². The van der Waals surface area contributed by atoms with Crippen LogP contribution in [0, 0.1) is 0 Å². The van der Waals surface area contributed by atoms with Gasteiger partial charge in [-0.2, -0.15) is 0 Å². The highest BCUT2D eigenvalue weighted by Crippen LogP contribution is 2.28. The highest BCUT2D eigenvalue weighted by Gasteiger charge is 2.15. The molecule has 0 aliphatic heterocycles. The smallest absolute Gasteiger partial charge is 0.251 e. The first-order chi connectivity index (χ1) is 15.8. The van der Waals surface area contributed by atoms with Crippen LogP contribution in [0.1, 0.15) is 16.2 Å². The molecule has 0 aliphatic rings. The summed E-state index contributed by atoms with van der Waals surface area (Å²) >= 11 is 13.2. The van der Waals surface area contributed by atoms with Crippen molar-refractivity contribution in [2.24, 2.45) is 7.05 Å². The fourth-order valence-electron chi connectivity index (χ4n) is 2.77. The largest absolute Gasteiger partial charge is 0.493 e. The van der Waals surface area contributed by atoms with Crippen LogP contribution in [0.4, 0.5) is 5.69 Å². The number of hydrogen-bond acceptors (Lipinski definition) is 7. The van der Waals surface area contributed by atoms with Gasteiger partial charge >= 0.3 is 0 Å². The normalized spacial score (nSPS) is 10.6. The van der Waals surface area contributed by atoms with Crippen LogP contribution >= 0.6 is 35.0 Å². The molecule has 0 radical (unpaired) electrons. The molecule has 174 valence electrons. The molecule has 2 amide bonds. The molecule has 2 aromatic carbocycles. The Morgan fingerprint density at radius 1 is 1.06 bits per heavy atom. The number of carbonyl (C=O) groups excluding carboxylic acids is 2. The van der Waals surface area contributed by atoms with Crippen LogP contribution in [0.3, 0.4) is 0 Å². The number of thioether (sulfide) groups is 1. The number of aromatic nitrogens is 3. The van der Waals surface area contributed by atoms with E-state index in [0.717, 1.165) is 0 Å². The lowest BCUT2D eigenvalue weighted by molar-refractivity contribution is -0.113. The summed E-state index contributed by atoms with van der Waals surface area (Å²) in [5.41, 5.74) is 0.854. The lowest BCUT2D eigenvalue weighted by Crippen LogP contribution is -2.24. The summed E-state index contributed by atoms with van der Waals surface area (Å²) in [4.78, 5) is 24.8. The Balaban J connectivity index is 1.55. The molecule has 0 bridgehead atoms. The number of hydrogen-bond donors (Lipinski definition) is 2. The molecule has 0 saturated heterocycles. The summed E-state index contributed by atoms with van der Waals surface area (Å²) in [6.45, 7) is 0.154. The third kappa shape index (κ3) is 6.31. The lowest BCUT2D eigenvalue weighted by Gasteiger charge is -2.10. The van der Waals surface area contributed by atoms with E-state index in [1.807, 2.05) is 0 Å². The SMILES string of the molecule is COc1ccc(C(=O)NCc2nnc(SCC(=O)Nc3cc(Cl)ccc3Cl)n2C)cc1OC. The number of carbonyl (C=O) groups is 2. The van der Waals surface area contributed by atoms with Crippen LogP contribution in [0.2, 0.25) is 10.0 Å². The summed E-state index contributed by atoms with van der Waals surface area (Å²) < 4.78 is 12.1. The van der Waals surface area contributed by atoms with Crippen LogP contribution in [-0.2, 0) is 18.4 Å². The fraction of sp³-hybridized carbons (Fsp3) is 0.238. The van der Waals surface area contributed by atoms with E-state index < -0.39 is 0 Å². The van der Waals surface area contributed by atoms with E-state index in [-0.39, 0.29) is 24.1 Å². The van der Waals surface area contributed by atoms with Gasteiger partial charge in [0.05, 0.1) is 37.2 Å². The van der Waals surface area contributed by atoms with Crippen LogP contribution in [0.15, 0.2) is 41.6 Å². The highest BCUT2D eigenvalue weighted by atomic mass is 35.5. The molecule has 0 aliphatic carbocycles. The van der Waals surface area contributed by atoms with Crippen molar-refractivity contribution >= 4 is 52.5 Å². The zero-order chi connectivity index (χ0) is 24.0. The number of rotatable bonds is 9. The van der Waals surface area contributed by atoms with Crippen molar-refractivity contribution in [3.63, 3.8) is 0 Å². The molecule has 1 aromatic heterocycles. The maximum absolute atomic E-state index is 12.5. The molecule has 0 fully saturated rings. The Bertz CT molecular complexity index is 1170. The number of amides is 2. The van der Waals surface area contributed by atoms with Crippen molar-refractivity contribution in [2.75, 3.05) is 25.3 Å². The van der Waals surface area contributed by atoms with Crippen molar-refractivity contribution in [1.29, 1.82) is 0 Å². The molecule has 1 heterocycles. The molecule has 33 heavy (non-hydrogen) atoms. The molecule has 0 spiro atoms. The zero-order valence-electron chi connectivity index (χ0n) is 18.0. The van der Waals surface area contributed by atoms with Gasteiger partial charge in [-0.05, 0) is 36.4 Å². The van der Waals surface area contributed by atoms with Crippen molar-refractivity contribution in [3.05, 3.63) is 57.8 Å². The Morgan fingerprint density at radius 3 is 2.55 bits per heavy atom. The summed E-state index contributed by atoms with van der Waals surface area (Å²) in [6.07, 6.45) is 0. The van der Waals surface area contributed by atoms with Crippen molar-refractivity contribution in [3.8, 4) is 11.5 Å². The van der Waals surface area contributed by atoms with Gasteiger partial charge < -0.3 is 24.7 Å². The number of nitrogens with one attached hydrogen (secondary N) is 2. The first-order valence-electron chi connectivity index (χ1n) is 9.58. The van der Waals surface area contributed by atoms with E-state index in [1.54, 1.807) is 48.0 Å². The van der Waals surface area contributed by atoms with Gasteiger partial charge in [-0.3, -0.25) is 9.59 Å². The summed E-state index contributed by atoms with van der Waals surface area (Å²) in [5, 5.41) is 15.1. The summed E-state index contributed by atoms with van der Waals surface area (Å²) in [5.74, 6) is 1.05. The van der Waals surface area contributed by atoms with Crippen molar-refractivity contribution < 1.29 is 19.1 Å². The van der Waals surface area contributed by atoms with Crippen LogP contribution in [0.25, 0.3) is 0 Å². The van der Waals surface area contributed by atoms with Crippen LogP contribution < -0.4 is 20.1 Å². The van der Waals surface area contributed by atoms with Crippen molar-refractivity contribution in [1.82, 2.24) is 20.1 Å². The topological polar surface area (TPSA) is 107 Å². The van der Waals surface area contributed by atoms with E-state index in [2.05, 4.69) is 20.8 Å². The Kier molecular flexibility index (Phi) is 8.43. The van der Waals surface area contributed by atoms with Gasteiger partial charge in [0.15, 0.2) is 22.5 Å². The molecule has 0 saturated carbocycles. The molecular weight excluding hydrogens is 489 g/mol. The molecule has 0 atom stereocenters. The number of ether oxygens (including phenoxy) is 2. The summed E-state index contributed by atoms with van der Waals surface area (Å²) in [6, 6.07) is 9.72. The average Bonchev–Trinajstić information content (AvgIpc) is 3.17. The number of halogens is 2. The molecule has 2 N–H and O–H groups in total. The first-order valence-corrected chi connectivity index (χ1v) is 11.3. The predicted octanol–water partition coefficient (Wildman–Crippen LogP) is 3.80. The Morgan fingerprint density at radius 2 is 1.82 bits per heavy atom. The van der Waals surface area contributed by atoms with Gasteiger partial charge in [0.25, 0.3) is 5.91 Å². The predicted molar refractivity (Wildman–Crippen MR) is 128 cm³/mol. The van der Waals surface area contributed by atoms with E-state index in [4.69, 9.17) is 32.7 Å². The molecule has 3 rings (SSSR count). The highest BCUT2D eigenvalue weighted by molar-refractivity contribution is 7.99. The zero-order valence-corrected chi connectivity index (χ0v) is 20.3. The standard InChI is InChI=1S/C21H21Cl2N5O4S/c1-28-18(10-24-20(30)12-4-7-16(31-2)17(8-12)32-3)26-27-21(28)33-11-19(29)25-15-9-13(22)5-6-14(15)23/h4-9H,10-11H2,1-3H3,(H,24,30)(H,25,29). The average molecular weight is 510 g/mol. The second kappa shape index (κ2) is 11.3. The van der Waals surface area contributed by atoms with Gasteiger partial charge in [-0.1, -0.05) is 35.0 Å². The number of nitrogens with zero attached hydrogens (tertiary/aromatic N) is 3. The molecular formula is C21H21Cl2N5O4S. The van der Waals surface area contributed by atoms with Crippen LogP contribution in [-0.4, -0.2) is 46.6 Å². The fourth-order valence-corrected chi connectivity index (χ4v) is 3.84. The maximum atomic E-state index is 12.5. The van der Waals surface area contributed by atoms with E-state index in [9.17, 15) is 9.59 Å². The van der Waals surface area contributed by atoms with Gasteiger partial charge in [-0.15, -0.1) is 10.2 Å². The number of anilines is 1. The van der Waals surface area contributed by atoms with E-state index >= 15 is 0 Å². The van der Waals surface area contributed by atoms with Crippen molar-refractivity contribution in [2.45, 2.75) is 11.7 Å². The third-order valence-electron chi connectivity index (χ3n) is 4.51. The van der Waals surface area contributed by atoms with Gasteiger partial charge in [-0.25, -0.2) is 0 Å². The quantitative estimate of drug-likeness (QED) is 0.422. The molecule has 3 aromatic rings. The van der Waals surface area contributed by atoms with Crippen LogP contribution in [0.5, 0.6) is 11.5 Å². The third-order valence-corrected chi connectivity index (χ3v) is 6.10. The second-order valence-electron chi connectivity index (χ2n) is 6.67. The molecule has 9 nitrogen and oxygen atoms in total. The van der Waals surface area contributed by atoms with Gasteiger partial charge in [0.1, 0.15) is 0 Å². The minimum absolute atomic E-state index is 0.0901. The Hall–Kier alpha value is -2.95. The number of methoxy groups -OCH3 is 2. The minimum atomic E-state index is -0.300. The second-order valence-corrected chi connectivity index (χ2v) is 8.46. The maximum Gasteiger partial charge on any atom is 0.251 e. The Labute approximate surface area is 204 Å². The minimum Gasteiger partial charge on any atom is -0.493 e. The molecule has 12 heteroatoms. The summed E-state index contributed by atoms with van der Waals surface area (Å²) in [7, 11) is 4.78.